The van der Waals surface area contributed by atoms with Crippen LogP contribution in [0.1, 0.15) is 24.3 Å². The zero-order valence-corrected chi connectivity index (χ0v) is 15.4. The molecule has 2 heterocycles. The molecule has 1 aliphatic carbocycles. The zero-order valence-electron chi connectivity index (χ0n) is 15.4. The van der Waals surface area contributed by atoms with E-state index in [0.717, 1.165) is 12.8 Å². The van der Waals surface area contributed by atoms with Crippen LogP contribution in [0.5, 0.6) is 5.75 Å². The molecule has 0 N–H and O–H groups in total. The lowest BCUT2D eigenvalue weighted by molar-refractivity contribution is -0.124. The lowest BCUT2D eigenvalue weighted by atomic mass is 9.69. The topological polar surface area (TPSA) is 101 Å². The van der Waals surface area contributed by atoms with Gasteiger partial charge in [-0.3, -0.25) is 4.79 Å². The van der Waals surface area contributed by atoms with E-state index in [-0.39, 0.29) is 11.7 Å². The Morgan fingerprint density at radius 1 is 1.21 bits per heavy atom. The van der Waals surface area contributed by atoms with Gasteiger partial charge in [0.15, 0.2) is 11.2 Å². The van der Waals surface area contributed by atoms with Gasteiger partial charge in [0.05, 0.1) is 36.9 Å². The number of fused-ring (bicyclic) bond motifs is 1. The van der Waals surface area contributed by atoms with Gasteiger partial charge in [0.1, 0.15) is 11.8 Å². The fourth-order valence-corrected chi connectivity index (χ4v) is 4.45. The van der Waals surface area contributed by atoms with Crippen LogP contribution in [0.15, 0.2) is 48.2 Å². The molecule has 1 saturated heterocycles. The van der Waals surface area contributed by atoms with Gasteiger partial charge in [0.25, 0.3) is 0 Å². The SMILES string of the molecule is COc1ccccc1[C@H]1[C@H](C(=O)C2CC2)N2C=C(C#N)C=C[C@@H]2C1(C#N)C#N. The minimum absolute atomic E-state index is 0.0251. The second-order valence-electron chi connectivity index (χ2n) is 7.38. The Morgan fingerprint density at radius 2 is 1.93 bits per heavy atom. The van der Waals surface area contributed by atoms with Gasteiger partial charge in [0, 0.05) is 23.6 Å². The lowest BCUT2D eigenvalue weighted by Crippen LogP contribution is -2.40. The first-order valence-corrected chi connectivity index (χ1v) is 9.18. The number of nitriles is 3. The van der Waals surface area contributed by atoms with Crippen LogP contribution >= 0.6 is 0 Å². The van der Waals surface area contributed by atoms with Gasteiger partial charge in [-0.15, -0.1) is 0 Å². The van der Waals surface area contributed by atoms with Crippen molar-refractivity contribution < 1.29 is 9.53 Å². The lowest BCUT2D eigenvalue weighted by Gasteiger charge is -2.30. The molecular weight excluding hydrogens is 352 g/mol. The molecule has 0 unspecified atom stereocenters. The standard InChI is InChI=1S/C22H18N4O2/c1-28-17-5-3-2-4-16(17)19-20(21(27)15-7-8-15)26-11-14(10-23)6-9-18(26)22(19,12-24)13-25/h2-6,9,11,15,18-20H,7-8H2,1H3/t18-,19+,20-/m1/s1. The average molecular weight is 370 g/mol. The molecule has 28 heavy (non-hydrogen) atoms. The number of hydrogen-bond acceptors (Lipinski definition) is 6. The maximum Gasteiger partial charge on any atom is 0.176 e. The van der Waals surface area contributed by atoms with Crippen molar-refractivity contribution in [2.75, 3.05) is 7.11 Å². The molecule has 0 bridgehead atoms. The Labute approximate surface area is 163 Å². The Bertz CT molecular complexity index is 1000. The minimum Gasteiger partial charge on any atom is -0.496 e. The molecule has 1 saturated carbocycles. The molecule has 0 radical (unpaired) electrons. The van der Waals surface area contributed by atoms with Crippen LogP contribution in [0.3, 0.4) is 0 Å². The number of hydrogen-bond donors (Lipinski definition) is 0. The zero-order chi connectivity index (χ0) is 19.9. The van der Waals surface area contributed by atoms with E-state index in [1.807, 2.05) is 18.2 Å². The van der Waals surface area contributed by atoms with Gasteiger partial charge < -0.3 is 9.64 Å². The number of benzene rings is 1. The summed E-state index contributed by atoms with van der Waals surface area (Å²) < 4.78 is 5.51. The average Bonchev–Trinajstić information content (AvgIpc) is 3.55. The molecule has 1 aromatic carbocycles. The molecule has 0 spiro atoms. The predicted molar refractivity (Wildman–Crippen MR) is 99.4 cm³/mol. The predicted octanol–water partition coefficient (Wildman–Crippen LogP) is 2.82. The monoisotopic (exact) mass is 370 g/mol. The first-order valence-electron chi connectivity index (χ1n) is 9.18. The van der Waals surface area contributed by atoms with E-state index in [0.29, 0.717) is 16.9 Å². The van der Waals surface area contributed by atoms with Crippen LogP contribution in [-0.4, -0.2) is 29.9 Å². The molecular formula is C22H18N4O2. The van der Waals surface area contributed by atoms with Crippen LogP contribution < -0.4 is 4.74 Å². The minimum atomic E-state index is -1.47. The number of para-hydroxylation sites is 1. The van der Waals surface area contributed by atoms with Crippen LogP contribution in [0.2, 0.25) is 0 Å². The number of allylic oxidation sites excluding steroid dienone is 2. The molecule has 138 valence electrons. The van der Waals surface area contributed by atoms with Gasteiger partial charge in [-0.1, -0.05) is 24.3 Å². The molecule has 3 aliphatic rings. The van der Waals surface area contributed by atoms with Gasteiger partial charge in [-0.25, -0.2) is 0 Å². The van der Waals surface area contributed by atoms with E-state index in [4.69, 9.17) is 4.74 Å². The Hall–Kier alpha value is -3.56. The molecule has 4 rings (SSSR count). The summed E-state index contributed by atoms with van der Waals surface area (Å²) in [5.74, 6) is -0.169. The Balaban J connectivity index is 1.96. The number of carbonyl (C=O) groups is 1. The fourth-order valence-electron chi connectivity index (χ4n) is 4.45. The largest absolute Gasteiger partial charge is 0.496 e. The third kappa shape index (κ3) is 2.41. The third-order valence-electron chi connectivity index (χ3n) is 5.91. The summed E-state index contributed by atoms with van der Waals surface area (Å²) in [7, 11) is 1.53. The van der Waals surface area contributed by atoms with Crippen molar-refractivity contribution in [2.45, 2.75) is 30.8 Å². The first-order chi connectivity index (χ1) is 13.6. The quantitative estimate of drug-likeness (QED) is 0.808. The maximum absolute atomic E-state index is 13.3. The van der Waals surface area contributed by atoms with E-state index < -0.39 is 23.4 Å². The third-order valence-corrected chi connectivity index (χ3v) is 5.91. The van der Waals surface area contributed by atoms with Gasteiger partial charge in [-0.05, 0) is 25.0 Å². The molecule has 0 amide bonds. The number of ether oxygens (including phenoxy) is 1. The summed E-state index contributed by atoms with van der Waals surface area (Å²) >= 11 is 0. The van der Waals surface area contributed by atoms with Crippen LogP contribution in [0, 0.1) is 45.3 Å². The van der Waals surface area contributed by atoms with Crippen molar-refractivity contribution in [2.24, 2.45) is 11.3 Å². The van der Waals surface area contributed by atoms with Gasteiger partial charge in [0.2, 0.25) is 0 Å². The summed E-state index contributed by atoms with van der Waals surface area (Å²) in [6, 6.07) is 12.5. The number of methoxy groups -OCH3 is 1. The molecule has 2 aliphatic heterocycles. The van der Waals surface area contributed by atoms with E-state index in [9.17, 15) is 20.6 Å². The molecule has 2 fully saturated rings. The highest BCUT2D eigenvalue weighted by Crippen LogP contribution is 2.55. The Morgan fingerprint density at radius 3 is 2.54 bits per heavy atom. The van der Waals surface area contributed by atoms with Crippen LogP contribution in [0.4, 0.5) is 0 Å². The molecule has 6 heteroatoms. The normalized spacial score (nSPS) is 27.0. The van der Waals surface area contributed by atoms with Gasteiger partial charge in [-0.2, -0.15) is 15.8 Å². The molecule has 6 nitrogen and oxygen atoms in total. The summed E-state index contributed by atoms with van der Waals surface area (Å²) in [6.07, 6.45) is 6.59. The van der Waals surface area contributed by atoms with Crippen LogP contribution in [0.25, 0.3) is 0 Å². The van der Waals surface area contributed by atoms with Gasteiger partial charge >= 0.3 is 0 Å². The molecule has 1 aromatic rings. The molecule has 0 aromatic heterocycles. The van der Waals surface area contributed by atoms with Crippen molar-refractivity contribution >= 4 is 5.78 Å². The summed E-state index contributed by atoms with van der Waals surface area (Å²) in [4.78, 5) is 15.1. The van der Waals surface area contributed by atoms with Crippen molar-refractivity contribution in [1.29, 1.82) is 15.8 Å². The van der Waals surface area contributed by atoms with E-state index in [1.165, 1.54) is 7.11 Å². The number of rotatable bonds is 4. The fraction of sp³-hybridized carbons (Fsp3) is 0.364. The number of ketones is 1. The second kappa shape index (κ2) is 6.55. The van der Waals surface area contributed by atoms with Crippen molar-refractivity contribution in [3.63, 3.8) is 0 Å². The number of carbonyl (C=O) groups excluding carboxylic acids is 1. The highest BCUT2D eigenvalue weighted by atomic mass is 16.5. The summed E-state index contributed by atoms with van der Waals surface area (Å²) in [5.41, 5.74) is -0.408. The highest BCUT2D eigenvalue weighted by Gasteiger charge is 2.63. The van der Waals surface area contributed by atoms with Crippen LogP contribution in [-0.2, 0) is 4.79 Å². The first kappa shape index (κ1) is 17.8. The number of Topliss-reactive ketones (excluding diaryl/α,β-unsaturated/α-hetero) is 1. The molecule has 3 atom stereocenters. The van der Waals surface area contributed by atoms with E-state index in [1.54, 1.807) is 29.3 Å². The Kier molecular flexibility index (Phi) is 4.17. The summed E-state index contributed by atoms with van der Waals surface area (Å²) in [5, 5.41) is 29.6. The summed E-state index contributed by atoms with van der Waals surface area (Å²) in [6.45, 7) is 0. The second-order valence-corrected chi connectivity index (χ2v) is 7.38. The highest BCUT2D eigenvalue weighted by molar-refractivity contribution is 5.91. The number of nitrogens with zero attached hydrogens (tertiary/aromatic N) is 4. The van der Waals surface area contributed by atoms with Crippen molar-refractivity contribution in [3.05, 3.63) is 53.8 Å². The van der Waals surface area contributed by atoms with E-state index in [2.05, 4.69) is 18.2 Å². The van der Waals surface area contributed by atoms with E-state index >= 15 is 0 Å². The smallest absolute Gasteiger partial charge is 0.176 e. The van der Waals surface area contributed by atoms with Crippen molar-refractivity contribution in [3.8, 4) is 24.0 Å². The maximum atomic E-state index is 13.3. The van der Waals surface area contributed by atoms with Crippen molar-refractivity contribution in [1.82, 2.24) is 4.90 Å².